The number of rotatable bonds is 3. The molecule has 1 aliphatic heterocycles. The number of aliphatic hydroxyl groups excluding tert-OH is 1. The smallest absolute Gasteiger partial charge is 0.331 e. The molecular weight excluding hydrogens is 304 g/mol. The second-order valence-corrected chi connectivity index (χ2v) is 7.92. The van der Waals surface area contributed by atoms with E-state index in [9.17, 15) is 14.7 Å². The first kappa shape index (κ1) is 17.2. The molecule has 24 heavy (non-hydrogen) atoms. The molecule has 4 atom stereocenters. The Morgan fingerprint density at radius 2 is 2.12 bits per heavy atom. The molecule has 4 nitrogen and oxygen atoms in total. The van der Waals surface area contributed by atoms with Crippen molar-refractivity contribution >= 4 is 11.8 Å². The molecule has 2 fully saturated rings. The molecule has 4 heteroatoms. The van der Waals surface area contributed by atoms with Crippen LogP contribution in [0.5, 0.6) is 0 Å². The largest absolute Gasteiger partial charge is 0.458 e. The summed E-state index contributed by atoms with van der Waals surface area (Å²) in [5.74, 6) is 0.177. The van der Waals surface area contributed by atoms with Gasteiger partial charge in [-0.25, -0.2) is 4.79 Å². The Morgan fingerprint density at radius 3 is 2.75 bits per heavy atom. The van der Waals surface area contributed by atoms with Gasteiger partial charge in [0.15, 0.2) is 0 Å². The van der Waals surface area contributed by atoms with Crippen LogP contribution in [0.25, 0.3) is 0 Å². The van der Waals surface area contributed by atoms with Crippen molar-refractivity contribution < 1.29 is 19.4 Å². The number of hydrogen-bond acceptors (Lipinski definition) is 4. The number of aliphatic hydroxyl groups is 1. The van der Waals surface area contributed by atoms with Gasteiger partial charge in [0.25, 0.3) is 0 Å². The quantitative estimate of drug-likeness (QED) is 0.638. The van der Waals surface area contributed by atoms with Crippen molar-refractivity contribution in [2.45, 2.75) is 39.5 Å². The predicted octanol–water partition coefficient (Wildman–Crippen LogP) is 2.98. The van der Waals surface area contributed by atoms with E-state index in [-0.39, 0.29) is 35.6 Å². The second-order valence-electron chi connectivity index (χ2n) is 7.92. The highest BCUT2D eigenvalue weighted by Crippen LogP contribution is 2.60. The zero-order chi connectivity index (χ0) is 17.5. The maximum Gasteiger partial charge on any atom is 0.331 e. The SMILES string of the molecule is C=C1CCC2C(C)(CO)C(=O)CCC2(C)C1C=CC1=CC(=O)OC1. The first-order valence-electron chi connectivity index (χ1n) is 8.68. The third kappa shape index (κ3) is 2.57. The molecule has 130 valence electrons. The molecule has 1 heterocycles. The molecular formula is C20H26O4. The number of Topliss-reactive ketones (excluding diaryl/α,β-unsaturated/α-hetero) is 1. The van der Waals surface area contributed by atoms with Gasteiger partial charge in [-0.3, -0.25) is 4.79 Å². The lowest BCUT2D eigenvalue weighted by atomic mass is 9.47. The van der Waals surface area contributed by atoms with Crippen LogP contribution in [-0.2, 0) is 14.3 Å². The lowest BCUT2D eigenvalue weighted by molar-refractivity contribution is -0.150. The van der Waals surface area contributed by atoms with E-state index in [1.807, 2.05) is 13.0 Å². The van der Waals surface area contributed by atoms with E-state index in [4.69, 9.17) is 4.74 Å². The summed E-state index contributed by atoms with van der Waals surface area (Å²) >= 11 is 0. The first-order chi connectivity index (χ1) is 11.3. The van der Waals surface area contributed by atoms with Gasteiger partial charge in [0.05, 0.1) is 12.0 Å². The lowest BCUT2D eigenvalue weighted by Gasteiger charge is -2.56. The Morgan fingerprint density at radius 1 is 1.38 bits per heavy atom. The molecule has 0 bridgehead atoms. The Balaban J connectivity index is 1.92. The molecule has 3 aliphatic rings. The highest BCUT2D eigenvalue weighted by atomic mass is 16.5. The van der Waals surface area contributed by atoms with Gasteiger partial charge in [-0.15, -0.1) is 0 Å². The van der Waals surface area contributed by atoms with Gasteiger partial charge in [-0.2, -0.15) is 0 Å². The maximum atomic E-state index is 12.5. The summed E-state index contributed by atoms with van der Waals surface area (Å²) < 4.78 is 4.95. The normalized spacial score (nSPS) is 39.8. The fourth-order valence-electron chi connectivity index (χ4n) is 5.00. The third-order valence-corrected chi connectivity index (χ3v) is 6.51. The molecule has 0 aromatic heterocycles. The van der Waals surface area contributed by atoms with Crippen molar-refractivity contribution in [3.63, 3.8) is 0 Å². The van der Waals surface area contributed by atoms with E-state index in [1.54, 1.807) is 0 Å². The number of carbonyl (C=O) groups is 2. The molecule has 0 radical (unpaired) electrons. The number of fused-ring (bicyclic) bond motifs is 1. The summed E-state index contributed by atoms with van der Waals surface area (Å²) in [4.78, 5) is 23.7. The topological polar surface area (TPSA) is 63.6 Å². The van der Waals surface area contributed by atoms with Crippen LogP contribution in [0.4, 0.5) is 0 Å². The Labute approximate surface area is 143 Å². The van der Waals surface area contributed by atoms with Crippen LogP contribution in [-0.4, -0.2) is 30.1 Å². The minimum atomic E-state index is -0.661. The minimum absolute atomic E-state index is 0.0947. The van der Waals surface area contributed by atoms with Gasteiger partial charge in [-0.1, -0.05) is 38.2 Å². The van der Waals surface area contributed by atoms with Gasteiger partial charge in [0.1, 0.15) is 12.4 Å². The van der Waals surface area contributed by atoms with E-state index in [2.05, 4.69) is 19.6 Å². The molecule has 0 aromatic carbocycles. The number of esters is 1. The van der Waals surface area contributed by atoms with Crippen LogP contribution in [0.15, 0.2) is 36.0 Å². The highest BCUT2D eigenvalue weighted by Gasteiger charge is 2.57. The van der Waals surface area contributed by atoms with Gasteiger partial charge in [-0.05, 0) is 36.2 Å². The van der Waals surface area contributed by atoms with E-state index in [1.165, 1.54) is 11.6 Å². The average Bonchev–Trinajstić information content (AvgIpc) is 2.96. The summed E-state index contributed by atoms with van der Waals surface area (Å²) in [6.07, 6.45) is 8.68. The van der Waals surface area contributed by atoms with Gasteiger partial charge >= 0.3 is 5.97 Å². The second kappa shape index (κ2) is 5.99. The van der Waals surface area contributed by atoms with Gasteiger partial charge in [0, 0.05) is 18.4 Å². The van der Waals surface area contributed by atoms with Crippen LogP contribution in [0.1, 0.15) is 39.5 Å². The van der Waals surface area contributed by atoms with Crippen LogP contribution >= 0.6 is 0 Å². The zero-order valence-electron chi connectivity index (χ0n) is 14.5. The number of cyclic esters (lactones) is 1. The summed E-state index contributed by atoms with van der Waals surface area (Å²) in [6.45, 7) is 8.63. The molecule has 2 saturated carbocycles. The first-order valence-corrected chi connectivity index (χ1v) is 8.68. The fraction of sp³-hybridized carbons (Fsp3) is 0.600. The molecule has 2 aliphatic carbocycles. The highest BCUT2D eigenvalue weighted by molar-refractivity contribution is 5.86. The summed E-state index contributed by atoms with van der Waals surface area (Å²) in [5.41, 5.74) is 1.29. The van der Waals surface area contributed by atoms with Gasteiger partial charge in [0.2, 0.25) is 0 Å². The number of allylic oxidation sites excluding steroid dienone is 2. The van der Waals surface area contributed by atoms with Crippen molar-refractivity contribution in [3.8, 4) is 0 Å². The molecule has 0 spiro atoms. The third-order valence-electron chi connectivity index (χ3n) is 6.51. The Hall–Kier alpha value is -1.68. The number of hydrogen-bond donors (Lipinski definition) is 1. The van der Waals surface area contributed by atoms with Crippen LogP contribution in [0, 0.1) is 22.7 Å². The fourth-order valence-corrected chi connectivity index (χ4v) is 5.00. The molecule has 1 N–H and O–H groups in total. The van der Waals surface area contributed by atoms with Crippen LogP contribution in [0.3, 0.4) is 0 Å². The zero-order valence-corrected chi connectivity index (χ0v) is 14.5. The van der Waals surface area contributed by atoms with E-state index in [0.29, 0.717) is 13.0 Å². The number of ketones is 1. The van der Waals surface area contributed by atoms with Crippen LogP contribution < -0.4 is 0 Å². The minimum Gasteiger partial charge on any atom is -0.458 e. The summed E-state index contributed by atoms with van der Waals surface area (Å²) in [6, 6.07) is 0. The van der Waals surface area contributed by atoms with Crippen molar-refractivity contribution in [1.82, 2.24) is 0 Å². The maximum absolute atomic E-state index is 12.5. The number of carbonyl (C=O) groups excluding carboxylic acids is 2. The summed E-state index contributed by atoms with van der Waals surface area (Å²) in [5, 5.41) is 9.93. The van der Waals surface area contributed by atoms with E-state index < -0.39 is 5.41 Å². The average molecular weight is 330 g/mol. The van der Waals surface area contributed by atoms with Crippen LogP contribution in [0.2, 0.25) is 0 Å². The monoisotopic (exact) mass is 330 g/mol. The molecule has 3 rings (SSSR count). The van der Waals surface area contributed by atoms with Crippen molar-refractivity contribution in [2.75, 3.05) is 13.2 Å². The molecule has 4 unspecified atom stereocenters. The van der Waals surface area contributed by atoms with E-state index >= 15 is 0 Å². The Bertz CT molecular complexity index is 644. The number of ether oxygens (including phenoxy) is 1. The van der Waals surface area contributed by atoms with Gasteiger partial charge < -0.3 is 9.84 Å². The van der Waals surface area contributed by atoms with E-state index in [0.717, 1.165) is 24.8 Å². The van der Waals surface area contributed by atoms with Crippen molar-refractivity contribution in [2.24, 2.45) is 22.7 Å². The lowest BCUT2D eigenvalue weighted by Crippen LogP contribution is -2.55. The predicted molar refractivity (Wildman–Crippen MR) is 91.1 cm³/mol. The molecule has 0 aromatic rings. The molecule has 0 saturated heterocycles. The van der Waals surface area contributed by atoms with Crippen molar-refractivity contribution in [3.05, 3.63) is 36.0 Å². The summed E-state index contributed by atoms with van der Waals surface area (Å²) in [7, 11) is 0. The Kier molecular flexibility index (Phi) is 4.28. The van der Waals surface area contributed by atoms with Crippen molar-refractivity contribution in [1.29, 1.82) is 0 Å². The standard InChI is InChI=1S/C20H26O4/c1-13-4-7-16-19(2,9-8-17(22)20(16,3)12-21)15(13)6-5-14-10-18(23)24-11-14/h5-6,10,15-16,21H,1,4,7-9,11-12H2,2-3H3. The molecule has 0 amide bonds.